The molecule has 0 saturated carbocycles. The zero-order valence-corrected chi connectivity index (χ0v) is 13.2. The van der Waals surface area contributed by atoms with Crippen LogP contribution in [0, 0.1) is 0 Å². The van der Waals surface area contributed by atoms with Gasteiger partial charge < -0.3 is 14.6 Å². The Morgan fingerprint density at radius 3 is 2.26 bits per heavy atom. The third kappa shape index (κ3) is 3.99. The normalized spacial score (nSPS) is 12.3. The lowest BCUT2D eigenvalue weighted by atomic mass is 10.1. The Balaban J connectivity index is 2.73. The number of rotatable bonds is 3. The van der Waals surface area contributed by atoms with Crippen molar-refractivity contribution >= 4 is 14.3 Å². The van der Waals surface area contributed by atoms with E-state index in [4.69, 9.17) is 4.43 Å². The fraction of sp³-hybridized carbons (Fsp3) is 0.500. The molecule has 106 valence electrons. The zero-order chi connectivity index (χ0) is 14.8. The van der Waals surface area contributed by atoms with E-state index in [-0.39, 0.29) is 28.9 Å². The van der Waals surface area contributed by atoms with Gasteiger partial charge in [0, 0.05) is 0 Å². The molecule has 2 N–H and O–H groups in total. The van der Waals surface area contributed by atoms with E-state index < -0.39 is 8.32 Å². The molecule has 1 aromatic rings. The van der Waals surface area contributed by atoms with Crippen LogP contribution in [0.3, 0.4) is 0 Å². The van der Waals surface area contributed by atoms with Crippen LogP contribution in [0.5, 0.6) is 11.5 Å². The minimum atomic E-state index is -2.11. The summed E-state index contributed by atoms with van der Waals surface area (Å²) in [5, 5.41) is 18.6. The van der Waals surface area contributed by atoms with E-state index >= 15 is 0 Å². The van der Waals surface area contributed by atoms with Crippen molar-refractivity contribution in [1.29, 1.82) is 0 Å². The fourth-order valence-corrected chi connectivity index (χ4v) is 2.27. The summed E-state index contributed by atoms with van der Waals surface area (Å²) < 4.78 is 5.63. The lowest BCUT2D eigenvalue weighted by Gasteiger charge is -2.35. The van der Waals surface area contributed by atoms with E-state index in [0.717, 1.165) is 0 Å². The molecule has 19 heavy (non-hydrogen) atoms. The number of phenolic OH excluding ortho intramolecular Hbond substituents is 2. The molecule has 0 heterocycles. The van der Waals surface area contributed by atoms with Gasteiger partial charge in [0.25, 0.3) is 14.3 Å². The molecule has 0 saturated heterocycles. The number of carbonyl (C=O) groups excluding carboxylic acids is 1. The lowest BCUT2D eigenvalue weighted by Crippen LogP contribution is -2.42. The first-order valence-corrected chi connectivity index (χ1v) is 9.16. The van der Waals surface area contributed by atoms with Gasteiger partial charge in [-0.05, 0) is 35.8 Å². The van der Waals surface area contributed by atoms with Crippen LogP contribution in [0.25, 0.3) is 0 Å². The molecule has 0 bridgehead atoms. The highest BCUT2D eigenvalue weighted by Gasteiger charge is 2.40. The van der Waals surface area contributed by atoms with Crippen LogP contribution in [0.2, 0.25) is 18.1 Å². The first kappa shape index (κ1) is 15.6. The maximum absolute atomic E-state index is 11.9. The highest BCUT2D eigenvalue weighted by molar-refractivity contribution is 6.75. The van der Waals surface area contributed by atoms with Crippen molar-refractivity contribution in [3.05, 3.63) is 23.8 Å². The Hall–Kier alpha value is -1.49. The van der Waals surface area contributed by atoms with E-state index in [0.29, 0.717) is 5.56 Å². The second-order valence-electron chi connectivity index (χ2n) is 6.23. The summed E-state index contributed by atoms with van der Waals surface area (Å²) in [7, 11) is -2.11. The monoisotopic (exact) mass is 282 g/mol. The maximum Gasteiger partial charge on any atom is 0.296 e. The Kier molecular flexibility index (Phi) is 4.30. The molecule has 0 aliphatic heterocycles. The number of hydrogen-bond acceptors (Lipinski definition) is 4. The fourth-order valence-electron chi connectivity index (χ4n) is 1.32. The highest BCUT2D eigenvalue weighted by Crippen LogP contribution is 2.36. The van der Waals surface area contributed by atoms with Gasteiger partial charge in [0.1, 0.15) is 0 Å². The molecule has 0 aliphatic rings. The van der Waals surface area contributed by atoms with E-state index in [1.807, 2.05) is 13.1 Å². The molecule has 5 heteroatoms. The summed E-state index contributed by atoms with van der Waals surface area (Å²) in [4.78, 5) is 11.9. The van der Waals surface area contributed by atoms with Gasteiger partial charge in [-0.1, -0.05) is 26.8 Å². The van der Waals surface area contributed by atoms with Crippen molar-refractivity contribution in [1.82, 2.24) is 0 Å². The van der Waals surface area contributed by atoms with Crippen molar-refractivity contribution in [2.75, 3.05) is 0 Å². The number of hydrogen-bond donors (Lipinski definition) is 2. The lowest BCUT2D eigenvalue weighted by molar-refractivity contribution is -0.134. The first-order chi connectivity index (χ1) is 8.53. The Morgan fingerprint density at radius 1 is 1.21 bits per heavy atom. The molecule has 0 spiro atoms. The molecule has 4 nitrogen and oxygen atoms in total. The molecular weight excluding hydrogens is 260 g/mol. The highest BCUT2D eigenvalue weighted by atomic mass is 28.4. The third-order valence-corrected chi connectivity index (χ3v) is 7.91. The van der Waals surface area contributed by atoms with Crippen LogP contribution < -0.4 is 0 Å². The number of phenols is 2. The number of carbonyl (C=O) groups is 1. The van der Waals surface area contributed by atoms with Gasteiger partial charge in [0.2, 0.25) is 0 Å². The van der Waals surface area contributed by atoms with E-state index in [9.17, 15) is 15.0 Å². The van der Waals surface area contributed by atoms with E-state index in [1.54, 1.807) is 6.07 Å². The number of benzene rings is 1. The van der Waals surface area contributed by atoms with E-state index in [2.05, 4.69) is 20.8 Å². The molecule has 0 unspecified atom stereocenters. The van der Waals surface area contributed by atoms with Crippen LogP contribution in [0.15, 0.2) is 18.2 Å². The minimum absolute atomic E-state index is 0.0280. The van der Waals surface area contributed by atoms with Crippen molar-refractivity contribution < 1.29 is 19.4 Å². The van der Waals surface area contributed by atoms with Crippen LogP contribution in [0.1, 0.15) is 26.3 Å². The average molecular weight is 282 g/mol. The molecular formula is C14H22O4Si. The van der Waals surface area contributed by atoms with Crippen molar-refractivity contribution in [3.63, 3.8) is 0 Å². The summed E-state index contributed by atoms with van der Waals surface area (Å²) in [6.45, 7) is 10.2. The molecule has 0 atom stereocenters. The Labute approximate surface area is 115 Å². The van der Waals surface area contributed by atoms with Crippen molar-refractivity contribution in [2.45, 2.75) is 45.3 Å². The zero-order valence-electron chi connectivity index (χ0n) is 12.2. The maximum atomic E-state index is 11.9. The van der Waals surface area contributed by atoms with Crippen LogP contribution in [-0.2, 0) is 15.6 Å². The third-order valence-electron chi connectivity index (χ3n) is 3.56. The van der Waals surface area contributed by atoms with Gasteiger partial charge >= 0.3 is 0 Å². The van der Waals surface area contributed by atoms with Crippen molar-refractivity contribution in [3.8, 4) is 11.5 Å². The summed E-state index contributed by atoms with van der Waals surface area (Å²) in [6, 6.07) is 4.34. The molecule has 0 fully saturated rings. The Bertz CT molecular complexity index is 475. The van der Waals surface area contributed by atoms with Gasteiger partial charge in [0.15, 0.2) is 11.5 Å². The largest absolute Gasteiger partial charge is 0.519 e. The van der Waals surface area contributed by atoms with Gasteiger partial charge in [-0.3, -0.25) is 4.79 Å². The van der Waals surface area contributed by atoms with Crippen LogP contribution in [0.4, 0.5) is 0 Å². The second kappa shape index (κ2) is 5.25. The Morgan fingerprint density at radius 2 is 1.79 bits per heavy atom. The SMILES string of the molecule is CC(C)(C)[Si](C)(C)OC(=O)Cc1ccc(O)c(O)c1. The molecule has 1 rings (SSSR count). The molecule has 0 aromatic heterocycles. The second-order valence-corrected chi connectivity index (χ2v) is 11.0. The number of aromatic hydroxyl groups is 2. The van der Waals surface area contributed by atoms with Gasteiger partial charge in [-0.15, -0.1) is 0 Å². The predicted octanol–water partition coefficient (Wildman–Crippen LogP) is 3.19. The standard InChI is InChI=1S/C14H22O4Si/c1-14(2,3)19(4,5)18-13(17)9-10-6-7-11(15)12(16)8-10/h6-8,15-16H,9H2,1-5H3. The smallest absolute Gasteiger partial charge is 0.296 e. The predicted molar refractivity (Wildman–Crippen MR) is 76.8 cm³/mol. The van der Waals surface area contributed by atoms with Gasteiger partial charge in [-0.2, -0.15) is 0 Å². The molecule has 0 amide bonds. The molecule has 0 aliphatic carbocycles. The first-order valence-electron chi connectivity index (χ1n) is 6.25. The van der Waals surface area contributed by atoms with Crippen LogP contribution in [-0.4, -0.2) is 24.5 Å². The molecule has 1 aromatic carbocycles. The van der Waals surface area contributed by atoms with Crippen LogP contribution >= 0.6 is 0 Å². The van der Waals surface area contributed by atoms with E-state index in [1.165, 1.54) is 12.1 Å². The van der Waals surface area contributed by atoms with Gasteiger partial charge in [0.05, 0.1) is 6.42 Å². The van der Waals surface area contributed by atoms with Crippen molar-refractivity contribution in [2.24, 2.45) is 0 Å². The topological polar surface area (TPSA) is 66.8 Å². The summed E-state index contributed by atoms with van der Waals surface area (Å²) >= 11 is 0. The summed E-state index contributed by atoms with van der Waals surface area (Å²) in [5.41, 5.74) is 0.624. The van der Waals surface area contributed by atoms with Gasteiger partial charge in [-0.25, -0.2) is 0 Å². The minimum Gasteiger partial charge on any atom is -0.519 e. The average Bonchev–Trinajstić information content (AvgIpc) is 2.21. The molecule has 0 radical (unpaired) electrons. The summed E-state index contributed by atoms with van der Waals surface area (Å²) in [6.07, 6.45) is 0.0976. The quantitative estimate of drug-likeness (QED) is 0.660. The summed E-state index contributed by atoms with van der Waals surface area (Å²) in [5.74, 6) is -0.712.